The Morgan fingerprint density at radius 1 is 1.04 bits per heavy atom. The minimum Gasteiger partial charge on any atom is -0.472 e. The molecule has 0 saturated heterocycles. The second kappa shape index (κ2) is 6.16. The summed E-state index contributed by atoms with van der Waals surface area (Å²) in [5, 5.41) is 0.726. The number of nitrogens with zero attached hydrogens (tertiary/aromatic N) is 1. The first-order chi connectivity index (χ1) is 11.0. The largest absolute Gasteiger partial charge is 0.472 e. The van der Waals surface area contributed by atoms with Crippen LogP contribution in [0, 0.1) is 13.8 Å². The van der Waals surface area contributed by atoms with Gasteiger partial charge in [-0.3, -0.25) is 9.59 Å². The molecule has 1 heterocycles. The molecule has 0 bridgehead atoms. The highest BCUT2D eigenvalue weighted by Gasteiger charge is 2.35. The van der Waals surface area contributed by atoms with Gasteiger partial charge in [0.15, 0.2) is 6.73 Å². The minimum atomic E-state index is -0.309. The summed E-state index contributed by atoms with van der Waals surface area (Å²) in [5.41, 5.74) is 4.07. The number of alkyl halides is 1. The molecule has 2 amide bonds. The first kappa shape index (κ1) is 15.7. The van der Waals surface area contributed by atoms with Gasteiger partial charge in [-0.2, -0.15) is 0 Å². The van der Waals surface area contributed by atoms with Gasteiger partial charge in [0, 0.05) is 5.33 Å². The van der Waals surface area contributed by atoms with E-state index in [2.05, 4.69) is 22.0 Å². The van der Waals surface area contributed by atoms with Crippen molar-refractivity contribution >= 4 is 27.7 Å². The number of halogens is 1. The van der Waals surface area contributed by atoms with E-state index >= 15 is 0 Å². The highest BCUT2D eigenvalue weighted by atomic mass is 79.9. The van der Waals surface area contributed by atoms with Crippen molar-refractivity contribution in [3.63, 3.8) is 0 Å². The maximum atomic E-state index is 12.3. The second-order valence-electron chi connectivity index (χ2n) is 5.54. The Labute approximate surface area is 143 Å². The van der Waals surface area contributed by atoms with Gasteiger partial charge in [0.25, 0.3) is 11.8 Å². The summed E-state index contributed by atoms with van der Waals surface area (Å²) in [7, 11) is 0. The maximum Gasteiger partial charge on any atom is 0.264 e. The second-order valence-corrected chi connectivity index (χ2v) is 6.10. The predicted molar refractivity (Wildman–Crippen MR) is 91.0 cm³/mol. The molecule has 0 saturated carbocycles. The quantitative estimate of drug-likeness (QED) is 0.604. The van der Waals surface area contributed by atoms with Crippen LogP contribution in [0.4, 0.5) is 0 Å². The van der Waals surface area contributed by atoms with Crippen LogP contribution in [-0.2, 0) is 5.33 Å². The van der Waals surface area contributed by atoms with E-state index in [1.54, 1.807) is 24.3 Å². The lowest BCUT2D eigenvalue weighted by atomic mass is 10.1. The van der Waals surface area contributed by atoms with Gasteiger partial charge < -0.3 is 4.74 Å². The van der Waals surface area contributed by atoms with Crippen molar-refractivity contribution in [1.29, 1.82) is 0 Å². The van der Waals surface area contributed by atoms with E-state index in [9.17, 15) is 9.59 Å². The van der Waals surface area contributed by atoms with Crippen LogP contribution in [-0.4, -0.2) is 23.4 Å². The molecule has 0 spiro atoms. The van der Waals surface area contributed by atoms with E-state index in [1.165, 1.54) is 0 Å². The molecule has 0 fully saturated rings. The number of imide groups is 1. The number of benzene rings is 2. The SMILES string of the molecule is Cc1cc(CBr)c(C)c(OCN2C(=O)c3ccccc3C2=O)c1. The summed E-state index contributed by atoms with van der Waals surface area (Å²) >= 11 is 3.46. The Bertz CT molecular complexity index is 766. The van der Waals surface area contributed by atoms with Crippen LogP contribution < -0.4 is 4.74 Å². The summed E-state index contributed by atoms with van der Waals surface area (Å²) in [5.74, 6) is 0.0734. The van der Waals surface area contributed by atoms with Crippen molar-refractivity contribution in [3.05, 3.63) is 64.2 Å². The number of hydrogen-bond acceptors (Lipinski definition) is 3. The number of carbonyl (C=O) groups is 2. The van der Waals surface area contributed by atoms with Crippen LogP contribution in [0.2, 0.25) is 0 Å². The highest BCUT2D eigenvalue weighted by Crippen LogP contribution is 2.27. The van der Waals surface area contributed by atoms with Crippen molar-refractivity contribution < 1.29 is 14.3 Å². The van der Waals surface area contributed by atoms with Gasteiger partial charge >= 0.3 is 0 Å². The zero-order valence-electron chi connectivity index (χ0n) is 12.9. The van der Waals surface area contributed by atoms with Gasteiger partial charge in [0.2, 0.25) is 0 Å². The third-order valence-corrected chi connectivity index (χ3v) is 4.59. The van der Waals surface area contributed by atoms with E-state index < -0.39 is 0 Å². The molecule has 0 atom stereocenters. The molecule has 4 nitrogen and oxygen atoms in total. The molecule has 0 radical (unpaired) electrons. The number of ether oxygens (including phenoxy) is 1. The molecule has 23 heavy (non-hydrogen) atoms. The lowest BCUT2D eigenvalue weighted by Gasteiger charge is -2.18. The monoisotopic (exact) mass is 373 g/mol. The molecular formula is C18H16BrNO3. The lowest BCUT2D eigenvalue weighted by molar-refractivity contribution is 0.0521. The molecule has 0 aliphatic carbocycles. The van der Waals surface area contributed by atoms with E-state index in [0.29, 0.717) is 16.9 Å². The van der Waals surface area contributed by atoms with Gasteiger partial charge in [0.05, 0.1) is 11.1 Å². The molecule has 2 aromatic carbocycles. The molecule has 0 unspecified atom stereocenters. The van der Waals surface area contributed by atoms with Crippen LogP contribution in [0.3, 0.4) is 0 Å². The smallest absolute Gasteiger partial charge is 0.264 e. The summed E-state index contributed by atoms with van der Waals surface area (Å²) in [6.07, 6.45) is 0. The Balaban J connectivity index is 1.82. The maximum absolute atomic E-state index is 12.3. The van der Waals surface area contributed by atoms with E-state index in [4.69, 9.17) is 4.74 Å². The third kappa shape index (κ3) is 2.77. The molecule has 3 rings (SSSR count). The number of fused-ring (bicyclic) bond motifs is 1. The first-order valence-electron chi connectivity index (χ1n) is 7.27. The van der Waals surface area contributed by atoms with E-state index in [0.717, 1.165) is 26.9 Å². The standard InChI is InChI=1S/C18H16BrNO3/c1-11-7-13(9-19)12(2)16(8-11)23-10-20-17(21)14-5-3-4-6-15(14)18(20)22/h3-8H,9-10H2,1-2H3. The summed E-state index contributed by atoms with van der Waals surface area (Å²) < 4.78 is 5.78. The number of amides is 2. The third-order valence-electron chi connectivity index (χ3n) is 3.98. The normalized spacial score (nSPS) is 13.4. The van der Waals surface area contributed by atoms with Crippen LogP contribution in [0.5, 0.6) is 5.75 Å². The summed E-state index contributed by atoms with van der Waals surface area (Å²) in [6, 6.07) is 10.8. The van der Waals surface area contributed by atoms with Crippen LogP contribution >= 0.6 is 15.9 Å². The number of carbonyl (C=O) groups excluding carboxylic acids is 2. The average Bonchev–Trinajstić information content (AvgIpc) is 2.80. The molecule has 1 aliphatic rings. The topological polar surface area (TPSA) is 46.6 Å². The summed E-state index contributed by atoms with van der Waals surface area (Å²) in [4.78, 5) is 25.8. The molecule has 0 N–H and O–H groups in total. The molecule has 0 aromatic heterocycles. The molecular weight excluding hydrogens is 358 g/mol. The Morgan fingerprint density at radius 2 is 1.65 bits per heavy atom. The number of aryl methyl sites for hydroxylation is 1. The van der Waals surface area contributed by atoms with Crippen LogP contribution in [0.1, 0.15) is 37.4 Å². The van der Waals surface area contributed by atoms with Crippen LogP contribution in [0.15, 0.2) is 36.4 Å². The zero-order chi connectivity index (χ0) is 16.6. The van der Waals surface area contributed by atoms with Crippen molar-refractivity contribution in [2.24, 2.45) is 0 Å². The fourth-order valence-corrected chi connectivity index (χ4v) is 3.26. The van der Waals surface area contributed by atoms with Crippen molar-refractivity contribution in [2.75, 3.05) is 6.73 Å². The first-order valence-corrected chi connectivity index (χ1v) is 8.39. The fourth-order valence-electron chi connectivity index (χ4n) is 2.68. The Hall–Kier alpha value is -2.14. The van der Waals surface area contributed by atoms with Crippen LogP contribution in [0.25, 0.3) is 0 Å². The zero-order valence-corrected chi connectivity index (χ0v) is 14.5. The number of rotatable bonds is 4. The Kier molecular flexibility index (Phi) is 4.22. The van der Waals surface area contributed by atoms with Crippen molar-refractivity contribution in [2.45, 2.75) is 19.2 Å². The predicted octanol–water partition coefficient (Wildman–Crippen LogP) is 3.83. The van der Waals surface area contributed by atoms with Gasteiger partial charge in [-0.25, -0.2) is 4.90 Å². The summed E-state index contributed by atoms with van der Waals surface area (Å²) in [6.45, 7) is 3.87. The molecule has 5 heteroatoms. The number of hydrogen-bond donors (Lipinski definition) is 0. The van der Waals surface area contributed by atoms with Gasteiger partial charge in [-0.1, -0.05) is 34.1 Å². The molecule has 1 aliphatic heterocycles. The molecule has 2 aromatic rings. The lowest BCUT2D eigenvalue weighted by Crippen LogP contribution is -2.33. The van der Waals surface area contributed by atoms with Crippen molar-refractivity contribution in [1.82, 2.24) is 4.90 Å². The van der Waals surface area contributed by atoms with Gasteiger partial charge in [0.1, 0.15) is 5.75 Å². The van der Waals surface area contributed by atoms with E-state index in [1.807, 2.05) is 19.9 Å². The van der Waals surface area contributed by atoms with Crippen molar-refractivity contribution in [3.8, 4) is 5.75 Å². The fraction of sp³-hybridized carbons (Fsp3) is 0.222. The minimum absolute atomic E-state index is 0.0850. The Morgan fingerprint density at radius 3 is 2.22 bits per heavy atom. The van der Waals surface area contributed by atoms with Gasteiger partial charge in [-0.05, 0) is 48.7 Å². The highest BCUT2D eigenvalue weighted by molar-refractivity contribution is 9.08. The van der Waals surface area contributed by atoms with E-state index in [-0.39, 0.29) is 18.5 Å². The van der Waals surface area contributed by atoms with Gasteiger partial charge in [-0.15, -0.1) is 0 Å². The molecule has 118 valence electrons. The average molecular weight is 374 g/mol.